The van der Waals surface area contributed by atoms with Gasteiger partial charge in [0.05, 0.1) is 5.16 Å². The highest BCUT2D eigenvalue weighted by Crippen LogP contribution is 2.07. The smallest absolute Gasteiger partial charge is 0.0584 e. The lowest BCUT2D eigenvalue weighted by molar-refractivity contribution is 0.615. The van der Waals surface area contributed by atoms with Gasteiger partial charge in [-0.25, -0.2) is 4.99 Å². The Balaban J connectivity index is 2.87. The van der Waals surface area contributed by atoms with Gasteiger partial charge in [-0.2, -0.15) is 11.8 Å². The first kappa shape index (κ1) is 13.2. The molecule has 13 heavy (non-hydrogen) atoms. The monoisotopic (exact) mass is 217 g/mol. The lowest BCUT2D eigenvalue weighted by Gasteiger charge is -1.98. The van der Waals surface area contributed by atoms with Gasteiger partial charge in [-0.3, -0.25) is 0 Å². The van der Waals surface area contributed by atoms with Crippen LogP contribution in [0.15, 0.2) is 4.99 Å². The molecule has 0 aromatic heterocycles. The van der Waals surface area contributed by atoms with E-state index in [4.69, 9.17) is 0 Å². The summed E-state index contributed by atoms with van der Waals surface area (Å²) >= 11 is 6.42. The van der Waals surface area contributed by atoms with Crippen molar-refractivity contribution in [1.29, 1.82) is 0 Å². The molecule has 0 aliphatic rings. The molecule has 0 rings (SSSR count). The Bertz CT molecular complexity index is 142. The molecule has 0 N–H and O–H groups in total. The van der Waals surface area contributed by atoms with Crippen molar-refractivity contribution in [1.82, 2.24) is 0 Å². The SMILES string of the molecule is CSCCCCCCCCN=C=S. The Hall–Kier alpha value is 0.150. The van der Waals surface area contributed by atoms with Crippen LogP contribution in [0.5, 0.6) is 0 Å². The molecule has 3 heteroatoms. The first-order valence-corrected chi connectivity index (χ1v) is 6.74. The summed E-state index contributed by atoms with van der Waals surface area (Å²) in [5, 5.41) is 2.39. The van der Waals surface area contributed by atoms with Crippen LogP contribution >= 0.6 is 24.0 Å². The van der Waals surface area contributed by atoms with Gasteiger partial charge < -0.3 is 0 Å². The third-order valence-corrected chi connectivity index (χ3v) is 2.76. The van der Waals surface area contributed by atoms with E-state index in [0.717, 1.165) is 6.54 Å². The lowest BCUT2D eigenvalue weighted by atomic mass is 10.1. The second-order valence-electron chi connectivity index (χ2n) is 3.09. The van der Waals surface area contributed by atoms with Gasteiger partial charge in [0.15, 0.2) is 0 Å². The quantitative estimate of drug-likeness (QED) is 0.331. The van der Waals surface area contributed by atoms with Gasteiger partial charge in [-0.05, 0) is 37.1 Å². The van der Waals surface area contributed by atoms with Crippen molar-refractivity contribution >= 4 is 29.1 Å². The minimum absolute atomic E-state index is 0.869. The molecule has 0 unspecified atom stereocenters. The Morgan fingerprint density at radius 2 is 1.69 bits per heavy atom. The Labute approximate surface area is 91.4 Å². The van der Waals surface area contributed by atoms with Crippen molar-refractivity contribution < 1.29 is 0 Å². The number of unbranched alkanes of at least 4 members (excludes halogenated alkanes) is 5. The second kappa shape index (κ2) is 12.2. The van der Waals surface area contributed by atoms with Gasteiger partial charge in [0.25, 0.3) is 0 Å². The Morgan fingerprint density at radius 1 is 1.08 bits per heavy atom. The van der Waals surface area contributed by atoms with E-state index in [-0.39, 0.29) is 0 Å². The normalized spacial score (nSPS) is 9.62. The number of hydrogen-bond acceptors (Lipinski definition) is 3. The van der Waals surface area contributed by atoms with Crippen LogP contribution in [-0.4, -0.2) is 23.7 Å². The van der Waals surface area contributed by atoms with E-state index < -0.39 is 0 Å². The standard InChI is InChI=1S/C10H19NS2/c1-13-9-7-5-3-2-4-6-8-11-10-12/h2-9H2,1H3. The summed E-state index contributed by atoms with van der Waals surface area (Å²) in [7, 11) is 0. The molecular formula is C10H19NS2. The van der Waals surface area contributed by atoms with Gasteiger partial charge >= 0.3 is 0 Å². The molecule has 0 amide bonds. The molecule has 0 bridgehead atoms. The van der Waals surface area contributed by atoms with Crippen LogP contribution in [0.25, 0.3) is 0 Å². The van der Waals surface area contributed by atoms with Crippen molar-refractivity contribution in [3.05, 3.63) is 0 Å². The molecule has 0 saturated carbocycles. The first-order valence-electron chi connectivity index (χ1n) is 4.94. The molecule has 0 aliphatic carbocycles. The topological polar surface area (TPSA) is 12.4 Å². The maximum Gasteiger partial charge on any atom is 0.0584 e. The van der Waals surface area contributed by atoms with Gasteiger partial charge in [0.2, 0.25) is 0 Å². The second-order valence-corrected chi connectivity index (χ2v) is 4.26. The van der Waals surface area contributed by atoms with E-state index in [9.17, 15) is 0 Å². The first-order chi connectivity index (χ1) is 6.41. The predicted molar refractivity (Wildman–Crippen MR) is 66.0 cm³/mol. The summed E-state index contributed by atoms with van der Waals surface area (Å²) in [4.78, 5) is 3.88. The fraction of sp³-hybridized carbons (Fsp3) is 0.900. The summed E-state index contributed by atoms with van der Waals surface area (Å²) in [5.41, 5.74) is 0. The van der Waals surface area contributed by atoms with Crippen molar-refractivity contribution in [2.24, 2.45) is 4.99 Å². The third-order valence-electron chi connectivity index (χ3n) is 1.93. The summed E-state index contributed by atoms with van der Waals surface area (Å²) in [6.07, 6.45) is 10.1. The molecule has 0 atom stereocenters. The zero-order valence-electron chi connectivity index (χ0n) is 8.42. The summed E-state index contributed by atoms with van der Waals surface area (Å²) in [5.74, 6) is 1.31. The zero-order valence-corrected chi connectivity index (χ0v) is 10.1. The number of nitrogens with zero attached hydrogens (tertiary/aromatic N) is 1. The molecule has 76 valence electrons. The van der Waals surface area contributed by atoms with Crippen molar-refractivity contribution in [3.63, 3.8) is 0 Å². The van der Waals surface area contributed by atoms with Crippen LogP contribution in [0.1, 0.15) is 38.5 Å². The number of rotatable bonds is 9. The highest BCUT2D eigenvalue weighted by molar-refractivity contribution is 7.98. The minimum atomic E-state index is 0.869. The molecule has 0 saturated heterocycles. The number of hydrogen-bond donors (Lipinski definition) is 0. The molecule has 0 spiro atoms. The largest absolute Gasteiger partial charge is 0.233 e. The van der Waals surface area contributed by atoms with E-state index in [0.29, 0.717) is 0 Å². The third kappa shape index (κ3) is 12.1. The van der Waals surface area contributed by atoms with E-state index in [1.165, 1.54) is 44.3 Å². The highest BCUT2D eigenvalue weighted by atomic mass is 32.2. The highest BCUT2D eigenvalue weighted by Gasteiger charge is 1.90. The van der Waals surface area contributed by atoms with Gasteiger partial charge in [0, 0.05) is 6.54 Å². The van der Waals surface area contributed by atoms with Crippen molar-refractivity contribution in [3.8, 4) is 0 Å². The fourth-order valence-electron chi connectivity index (χ4n) is 1.19. The van der Waals surface area contributed by atoms with Crippen LogP contribution in [0.2, 0.25) is 0 Å². The molecule has 0 fully saturated rings. The van der Waals surface area contributed by atoms with Crippen molar-refractivity contribution in [2.75, 3.05) is 18.6 Å². The predicted octanol–water partition coefficient (Wildman–Crippen LogP) is 3.79. The molecule has 0 aromatic carbocycles. The van der Waals surface area contributed by atoms with E-state index in [1.54, 1.807) is 0 Å². The lowest BCUT2D eigenvalue weighted by Crippen LogP contribution is -1.84. The summed E-state index contributed by atoms with van der Waals surface area (Å²) in [6, 6.07) is 0. The number of isothiocyanates is 1. The van der Waals surface area contributed by atoms with E-state index in [1.807, 2.05) is 11.8 Å². The van der Waals surface area contributed by atoms with Crippen LogP contribution in [0.3, 0.4) is 0 Å². The average Bonchev–Trinajstić information content (AvgIpc) is 2.16. The molecule has 0 aromatic rings. The van der Waals surface area contributed by atoms with E-state index in [2.05, 4.69) is 28.6 Å². The maximum atomic E-state index is 4.48. The van der Waals surface area contributed by atoms with Crippen LogP contribution in [0, 0.1) is 0 Å². The average molecular weight is 217 g/mol. The summed E-state index contributed by atoms with van der Waals surface area (Å²) < 4.78 is 0. The van der Waals surface area contributed by atoms with Crippen LogP contribution in [-0.2, 0) is 0 Å². The van der Waals surface area contributed by atoms with Crippen molar-refractivity contribution in [2.45, 2.75) is 38.5 Å². The van der Waals surface area contributed by atoms with Crippen LogP contribution in [0.4, 0.5) is 0 Å². The molecule has 1 nitrogen and oxygen atoms in total. The number of thioether (sulfide) groups is 1. The van der Waals surface area contributed by atoms with Gasteiger partial charge in [-0.1, -0.05) is 25.7 Å². The zero-order chi connectivity index (χ0) is 9.78. The number of thiocarbonyl (C=S) groups is 1. The Morgan fingerprint density at radius 3 is 2.31 bits per heavy atom. The molecule has 0 heterocycles. The van der Waals surface area contributed by atoms with E-state index >= 15 is 0 Å². The fourth-order valence-corrected chi connectivity index (χ4v) is 1.77. The minimum Gasteiger partial charge on any atom is -0.233 e. The molecular weight excluding hydrogens is 198 g/mol. The number of aliphatic imine (C=N–C) groups is 1. The van der Waals surface area contributed by atoms with Crippen LogP contribution < -0.4 is 0 Å². The molecule has 0 aliphatic heterocycles. The van der Waals surface area contributed by atoms with Gasteiger partial charge in [0.1, 0.15) is 0 Å². The molecule has 0 radical (unpaired) electrons. The summed E-state index contributed by atoms with van der Waals surface area (Å²) in [6.45, 7) is 0.869. The maximum absolute atomic E-state index is 4.48. The Kier molecular flexibility index (Phi) is 12.3. The van der Waals surface area contributed by atoms with Gasteiger partial charge in [-0.15, -0.1) is 0 Å².